The monoisotopic (exact) mass is 400 g/mol. The van der Waals surface area contributed by atoms with Gasteiger partial charge in [0.2, 0.25) is 0 Å². The van der Waals surface area contributed by atoms with Crippen LogP contribution in [0, 0.1) is 35.5 Å². The Bertz CT molecular complexity index is 1100. The van der Waals surface area contributed by atoms with E-state index in [1.165, 1.54) is 0 Å². The van der Waals surface area contributed by atoms with Gasteiger partial charge in [0.15, 0.2) is 0 Å². The second-order valence-corrected chi connectivity index (χ2v) is 9.25. The molecule has 3 fully saturated rings. The third-order valence-corrected chi connectivity index (χ3v) is 7.24. The first-order chi connectivity index (χ1) is 14.5. The van der Waals surface area contributed by atoms with Gasteiger partial charge in [0.25, 0.3) is 11.8 Å². The zero-order valence-electron chi connectivity index (χ0n) is 17.1. The van der Waals surface area contributed by atoms with Gasteiger partial charge in [0.1, 0.15) is 5.75 Å². The Balaban J connectivity index is 1.38. The van der Waals surface area contributed by atoms with Gasteiger partial charge in [-0.3, -0.25) is 9.59 Å². The van der Waals surface area contributed by atoms with Gasteiger partial charge in [-0.05, 0) is 60.8 Å². The van der Waals surface area contributed by atoms with Crippen LogP contribution < -0.4 is 4.74 Å². The molecule has 0 N–H and O–H groups in total. The lowest BCUT2D eigenvalue weighted by Crippen LogP contribution is -2.40. The van der Waals surface area contributed by atoms with Crippen molar-refractivity contribution in [1.82, 2.24) is 5.01 Å². The summed E-state index contributed by atoms with van der Waals surface area (Å²) in [5.74, 6) is 1.55. The van der Waals surface area contributed by atoms with E-state index in [1.807, 2.05) is 50.2 Å². The third kappa shape index (κ3) is 2.44. The molecule has 2 bridgehead atoms. The number of imide groups is 1. The topological polar surface area (TPSA) is 59.0 Å². The molecular formula is C25H24N2O3. The molecule has 5 aliphatic rings. The largest absolute Gasteiger partial charge is 0.490 e. The van der Waals surface area contributed by atoms with Crippen molar-refractivity contribution in [2.75, 3.05) is 0 Å². The quantitative estimate of drug-likeness (QED) is 0.443. The highest BCUT2D eigenvalue weighted by Crippen LogP contribution is 2.65. The number of rotatable bonds is 4. The van der Waals surface area contributed by atoms with Crippen molar-refractivity contribution in [3.05, 3.63) is 54.1 Å². The number of carbonyl (C=O) groups excluding carboxylic acids is 2. The van der Waals surface area contributed by atoms with Crippen LogP contribution in [0.2, 0.25) is 0 Å². The number of amides is 2. The van der Waals surface area contributed by atoms with Gasteiger partial charge < -0.3 is 4.74 Å². The summed E-state index contributed by atoms with van der Waals surface area (Å²) in [5.41, 5.74) is 0.793. The van der Waals surface area contributed by atoms with Gasteiger partial charge in [-0.15, -0.1) is 0 Å². The number of carbonyl (C=O) groups is 2. The van der Waals surface area contributed by atoms with Crippen molar-refractivity contribution in [1.29, 1.82) is 0 Å². The maximum Gasteiger partial charge on any atom is 0.254 e. The van der Waals surface area contributed by atoms with Crippen LogP contribution in [-0.2, 0) is 9.59 Å². The number of ether oxygens (including phenoxy) is 1. The average molecular weight is 400 g/mol. The van der Waals surface area contributed by atoms with Crippen molar-refractivity contribution < 1.29 is 14.3 Å². The lowest BCUT2D eigenvalue weighted by molar-refractivity contribution is -0.140. The molecule has 2 aromatic rings. The minimum absolute atomic E-state index is 0.00431. The number of benzene rings is 2. The summed E-state index contributed by atoms with van der Waals surface area (Å²) in [5, 5.41) is 7.61. The maximum atomic E-state index is 13.2. The molecule has 6 atom stereocenters. The van der Waals surface area contributed by atoms with Crippen molar-refractivity contribution in [3.8, 4) is 5.75 Å². The molecule has 0 spiro atoms. The predicted molar refractivity (Wildman–Crippen MR) is 114 cm³/mol. The minimum Gasteiger partial charge on any atom is -0.490 e. The van der Waals surface area contributed by atoms with Crippen LogP contribution in [0.25, 0.3) is 10.8 Å². The standard InChI is InChI=1S/C25H24N2O3/c1-13(2)30-21-10-7-14-5-3-4-6-15(14)20(21)12-26-27-24(28)22-16-8-9-17(19-11-18(16)19)23(22)25(27)29/h3-10,12-13,16-19,22-23H,11H2,1-2H3/b26-12-/t16-,17-,18-,19+,22+,23-/m1/s1. The molecule has 5 heteroatoms. The van der Waals surface area contributed by atoms with E-state index < -0.39 is 0 Å². The van der Waals surface area contributed by atoms with Crippen LogP contribution in [0.1, 0.15) is 25.8 Å². The van der Waals surface area contributed by atoms with Crippen molar-refractivity contribution >= 4 is 28.8 Å². The number of hydrazone groups is 1. The Morgan fingerprint density at radius 1 is 1.00 bits per heavy atom. The number of nitrogens with zero attached hydrogens (tertiary/aromatic N) is 2. The molecule has 0 unspecified atom stereocenters. The van der Waals surface area contributed by atoms with E-state index in [0.717, 1.165) is 27.8 Å². The molecule has 1 aliphatic heterocycles. The van der Waals surface area contributed by atoms with Gasteiger partial charge in [0, 0.05) is 5.56 Å². The van der Waals surface area contributed by atoms with Crippen LogP contribution in [0.3, 0.4) is 0 Å². The lowest BCUT2D eigenvalue weighted by atomic mass is 9.63. The summed E-state index contributed by atoms with van der Waals surface area (Å²) >= 11 is 0. The van der Waals surface area contributed by atoms with Gasteiger partial charge in [0.05, 0.1) is 24.2 Å². The lowest BCUT2D eigenvalue weighted by Gasteiger charge is -2.37. The number of hydrogen-bond acceptors (Lipinski definition) is 4. The van der Waals surface area contributed by atoms with Gasteiger partial charge >= 0.3 is 0 Å². The normalized spacial score (nSPS) is 33.6. The molecule has 2 saturated carbocycles. The molecule has 2 amide bonds. The Morgan fingerprint density at radius 3 is 2.33 bits per heavy atom. The molecule has 4 aliphatic carbocycles. The third-order valence-electron chi connectivity index (χ3n) is 7.24. The second-order valence-electron chi connectivity index (χ2n) is 9.25. The van der Waals surface area contributed by atoms with E-state index in [-0.39, 0.29) is 41.6 Å². The summed E-state index contributed by atoms with van der Waals surface area (Å²) in [7, 11) is 0. The molecule has 30 heavy (non-hydrogen) atoms. The molecule has 1 heterocycles. The summed E-state index contributed by atoms with van der Waals surface area (Å²) < 4.78 is 5.99. The van der Waals surface area contributed by atoms with Crippen LogP contribution >= 0.6 is 0 Å². The molecule has 0 radical (unpaired) electrons. The summed E-state index contributed by atoms with van der Waals surface area (Å²) in [6.45, 7) is 3.95. The minimum atomic E-state index is -0.229. The Labute approximate surface area is 175 Å². The highest BCUT2D eigenvalue weighted by atomic mass is 16.5. The molecular weight excluding hydrogens is 376 g/mol. The fourth-order valence-electron chi connectivity index (χ4n) is 5.94. The fraction of sp³-hybridized carbons (Fsp3) is 0.400. The molecule has 7 rings (SSSR count). The van der Waals surface area contributed by atoms with Crippen LogP contribution in [0.4, 0.5) is 0 Å². The van der Waals surface area contributed by atoms with Crippen LogP contribution in [0.5, 0.6) is 5.75 Å². The number of fused-ring (bicyclic) bond motifs is 1. The first-order valence-corrected chi connectivity index (χ1v) is 10.8. The van der Waals surface area contributed by atoms with Crippen LogP contribution in [0.15, 0.2) is 53.7 Å². The molecule has 5 nitrogen and oxygen atoms in total. The first-order valence-electron chi connectivity index (χ1n) is 10.8. The second kappa shape index (κ2) is 6.27. The summed E-state index contributed by atoms with van der Waals surface area (Å²) in [6, 6.07) is 11.9. The van der Waals surface area contributed by atoms with Gasteiger partial charge in [-0.1, -0.05) is 42.5 Å². The SMILES string of the molecule is CC(C)Oc1ccc2ccccc2c1/C=N\N1C(=O)[C@@H]2[C@@H]3C=C[C@H]([C@H]4C[C@@H]34)[C@@H]2C1=O. The molecule has 1 saturated heterocycles. The summed E-state index contributed by atoms with van der Waals surface area (Å²) in [6.07, 6.45) is 7.15. The Kier molecular flexibility index (Phi) is 3.74. The van der Waals surface area contributed by atoms with Crippen LogP contribution in [-0.4, -0.2) is 29.1 Å². The Hall–Kier alpha value is -2.95. The highest BCUT2D eigenvalue weighted by molar-refractivity contribution is 6.08. The van der Waals surface area contributed by atoms with Gasteiger partial charge in [-0.2, -0.15) is 10.1 Å². The maximum absolute atomic E-state index is 13.2. The van der Waals surface area contributed by atoms with Gasteiger partial charge in [-0.25, -0.2) is 0 Å². The fourth-order valence-corrected chi connectivity index (χ4v) is 5.94. The average Bonchev–Trinajstić information content (AvgIpc) is 3.52. The van der Waals surface area contributed by atoms with E-state index in [1.54, 1.807) is 6.21 Å². The highest BCUT2D eigenvalue weighted by Gasteiger charge is 2.67. The summed E-state index contributed by atoms with van der Waals surface area (Å²) in [4.78, 5) is 26.4. The zero-order valence-corrected chi connectivity index (χ0v) is 17.1. The van der Waals surface area contributed by atoms with Crippen molar-refractivity contribution in [3.63, 3.8) is 0 Å². The van der Waals surface area contributed by atoms with E-state index >= 15 is 0 Å². The molecule has 2 aromatic carbocycles. The molecule has 152 valence electrons. The van der Waals surface area contributed by atoms with Crippen molar-refractivity contribution in [2.45, 2.75) is 26.4 Å². The number of allylic oxidation sites excluding steroid dienone is 2. The van der Waals surface area contributed by atoms with E-state index in [0.29, 0.717) is 17.6 Å². The predicted octanol–water partition coefficient (Wildman–Crippen LogP) is 4.01. The Morgan fingerprint density at radius 2 is 1.67 bits per heavy atom. The smallest absolute Gasteiger partial charge is 0.254 e. The van der Waals surface area contributed by atoms with E-state index in [4.69, 9.17) is 4.74 Å². The molecule has 0 aromatic heterocycles. The van der Waals surface area contributed by atoms with E-state index in [2.05, 4.69) is 17.3 Å². The van der Waals surface area contributed by atoms with Crippen molar-refractivity contribution in [2.24, 2.45) is 40.6 Å². The first kappa shape index (κ1) is 17.9. The van der Waals surface area contributed by atoms with E-state index in [9.17, 15) is 9.59 Å². The zero-order chi connectivity index (χ0) is 20.6. The number of hydrogen-bond donors (Lipinski definition) is 0.